The van der Waals surface area contributed by atoms with Crippen LogP contribution in [-0.4, -0.2) is 58.7 Å². The molecule has 0 radical (unpaired) electrons. The second kappa shape index (κ2) is 5.63. The van der Waals surface area contributed by atoms with Crippen molar-refractivity contribution >= 4 is 6.09 Å². The van der Waals surface area contributed by atoms with E-state index in [4.69, 9.17) is 5.11 Å². The summed E-state index contributed by atoms with van der Waals surface area (Å²) in [5, 5.41) is 8.83. The molecule has 0 unspecified atom stereocenters. The van der Waals surface area contributed by atoms with Crippen LogP contribution < -0.4 is 0 Å². The summed E-state index contributed by atoms with van der Waals surface area (Å²) in [6.07, 6.45) is 3.80. The van der Waals surface area contributed by atoms with Gasteiger partial charge in [-0.25, -0.2) is 4.79 Å². The van der Waals surface area contributed by atoms with E-state index in [0.717, 1.165) is 26.1 Å². The third-order valence-corrected chi connectivity index (χ3v) is 3.11. The Labute approximate surface area is 101 Å². The Bertz CT molecular complexity index is 361. The molecule has 1 aliphatic rings. The van der Waals surface area contributed by atoms with Gasteiger partial charge >= 0.3 is 6.09 Å². The summed E-state index contributed by atoms with van der Waals surface area (Å²) in [6.45, 7) is 3.88. The number of pyridine rings is 1. The number of hydrogen-bond acceptors (Lipinski definition) is 3. The molecule has 0 bridgehead atoms. The number of piperazine rings is 1. The zero-order chi connectivity index (χ0) is 12.1. The summed E-state index contributed by atoms with van der Waals surface area (Å²) >= 11 is 0. The van der Waals surface area contributed by atoms with Crippen molar-refractivity contribution < 1.29 is 9.90 Å². The lowest BCUT2D eigenvalue weighted by Gasteiger charge is -2.33. The number of carbonyl (C=O) groups is 1. The molecule has 1 N–H and O–H groups in total. The van der Waals surface area contributed by atoms with Crippen molar-refractivity contribution in [3.05, 3.63) is 30.1 Å². The van der Waals surface area contributed by atoms with E-state index in [9.17, 15) is 4.79 Å². The van der Waals surface area contributed by atoms with Crippen LogP contribution in [-0.2, 0) is 6.42 Å². The quantitative estimate of drug-likeness (QED) is 0.846. The maximum absolute atomic E-state index is 10.7. The van der Waals surface area contributed by atoms with E-state index < -0.39 is 6.09 Å². The summed E-state index contributed by atoms with van der Waals surface area (Å²) < 4.78 is 0. The molecule has 1 aromatic heterocycles. The van der Waals surface area contributed by atoms with Crippen LogP contribution in [0.4, 0.5) is 4.79 Å². The minimum Gasteiger partial charge on any atom is -0.465 e. The smallest absolute Gasteiger partial charge is 0.407 e. The molecule has 0 aliphatic carbocycles. The molecule has 1 aromatic rings. The van der Waals surface area contributed by atoms with E-state index in [1.54, 1.807) is 12.4 Å². The van der Waals surface area contributed by atoms with Gasteiger partial charge in [0.1, 0.15) is 0 Å². The summed E-state index contributed by atoms with van der Waals surface area (Å²) in [6, 6.07) is 4.04. The molecule has 1 aliphatic heterocycles. The number of hydrogen-bond donors (Lipinski definition) is 1. The van der Waals surface area contributed by atoms with Crippen LogP contribution >= 0.6 is 0 Å². The Hall–Kier alpha value is -1.62. The first-order valence-corrected chi connectivity index (χ1v) is 5.85. The maximum atomic E-state index is 10.7. The molecule has 1 saturated heterocycles. The van der Waals surface area contributed by atoms with E-state index in [1.165, 1.54) is 10.5 Å². The average Bonchev–Trinajstić information content (AvgIpc) is 2.38. The van der Waals surface area contributed by atoms with Crippen molar-refractivity contribution in [2.45, 2.75) is 6.42 Å². The van der Waals surface area contributed by atoms with Gasteiger partial charge in [-0.3, -0.25) is 9.88 Å². The van der Waals surface area contributed by atoms with E-state index in [2.05, 4.69) is 9.88 Å². The third kappa shape index (κ3) is 3.42. The Morgan fingerprint density at radius 1 is 1.24 bits per heavy atom. The molecule has 0 saturated carbocycles. The summed E-state index contributed by atoms with van der Waals surface area (Å²) in [5.41, 5.74) is 1.28. The van der Waals surface area contributed by atoms with Crippen molar-refractivity contribution in [3.8, 4) is 0 Å². The Kier molecular flexibility index (Phi) is 3.93. The van der Waals surface area contributed by atoms with Crippen LogP contribution in [0, 0.1) is 0 Å². The zero-order valence-corrected chi connectivity index (χ0v) is 9.75. The molecule has 5 nitrogen and oxygen atoms in total. The maximum Gasteiger partial charge on any atom is 0.407 e. The Balaban J connectivity index is 1.74. The van der Waals surface area contributed by atoms with Crippen LogP contribution in [0.1, 0.15) is 5.56 Å². The monoisotopic (exact) mass is 235 g/mol. The molecule has 2 rings (SSSR count). The van der Waals surface area contributed by atoms with Gasteiger partial charge in [-0.15, -0.1) is 0 Å². The molecule has 17 heavy (non-hydrogen) atoms. The van der Waals surface area contributed by atoms with Gasteiger partial charge in [-0.05, 0) is 24.1 Å². The lowest BCUT2D eigenvalue weighted by Crippen LogP contribution is -2.48. The summed E-state index contributed by atoms with van der Waals surface area (Å²) in [4.78, 5) is 18.5. The standard InChI is InChI=1S/C12H17N3O2/c16-12(17)15-9-7-14(8-10-15)6-3-11-1-4-13-5-2-11/h1-2,4-5H,3,6-10H2,(H,16,17). The molecule has 0 spiro atoms. The predicted molar refractivity (Wildman–Crippen MR) is 64.0 cm³/mol. The molecule has 2 heterocycles. The van der Waals surface area contributed by atoms with Crippen LogP contribution in [0.2, 0.25) is 0 Å². The van der Waals surface area contributed by atoms with Crippen molar-refractivity contribution in [3.63, 3.8) is 0 Å². The fraction of sp³-hybridized carbons (Fsp3) is 0.500. The van der Waals surface area contributed by atoms with Gasteiger partial charge in [0.05, 0.1) is 0 Å². The molecule has 92 valence electrons. The lowest BCUT2D eigenvalue weighted by atomic mass is 10.2. The topological polar surface area (TPSA) is 56.7 Å². The molecular formula is C12H17N3O2. The predicted octanol–water partition coefficient (Wildman–Crippen LogP) is 0.920. The van der Waals surface area contributed by atoms with Gasteiger partial charge < -0.3 is 10.0 Å². The number of rotatable bonds is 3. The molecule has 1 amide bonds. The molecule has 5 heteroatoms. The SMILES string of the molecule is O=C(O)N1CCN(CCc2ccncc2)CC1. The largest absolute Gasteiger partial charge is 0.465 e. The molecule has 1 fully saturated rings. The lowest BCUT2D eigenvalue weighted by molar-refractivity contribution is 0.106. The van der Waals surface area contributed by atoms with E-state index in [1.807, 2.05) is 12.1 Å². The van der Waals surface area contributed by atoms with Crippen LogP contribution in [0.5, 0.6) is 0 Å². The second-order valence-corrected chi connectivity index (χ2v) is 4.22. The minimum atomic E-state index is -0.807. The van der Waals surface area contributed by atoms with E-state index >= 15 is 0 Å². The van der Waals surface area contributed by atoms with Crippen LogP contribution in [0.15, 0.2) is 24.5 Å². The normalized spacial score (nSPS) is 17.1. The Morgan fingerprint density at radius 2 is 1.88 bits per heavy atom. The van der Waals surface area contributed by atoms with Crippen molar-refractivity contribution in [2.75, 3.05) is 32.7 Å². The minimum absolute atomic E-state index is 0.617. The summed E-state index contributed by atoms with van der Waals surface area (Å²) in [7, 11) is 0. The van der Waals surface area contributed by atoms with Crippen LogP contribution in [0.25, 0.3) is 0 Å². The fourth-order valence-electron chi connectivity index (χ4n) is 2.00. The highest BCUT2D eigenvalue weighted by Gasteiger charge is 2.19. The number of nitrogens with zero attached hydrogens (tertiary/aromatic N) is 3. The third-order valence-electron chi connectivity index (χ3n) is 3.11. The van der Waals surface area contributed by atoms with Crippen LogP contribution in [0.3, 0.4) is 0 Å². The zero-order valence-electron chi connectivity index (χ0n) is 9.75. The second-order valence-electron chi connectivity index (χ2n) is 4.22. The highest BCUT2D eigenvalue weighted by atomic mass is 16.4. The first-order chi connectivity index (χ1) is 8.25. The fourth-order valence-corrected chi connectivity index (χ4v) is 2.00. The van der Waals surface area contributed by atoms with Crippen molar-refractivity contribution in [1.82, 2.24) is 14.8 Å². The average molecular weight is 235 g/mol. The first-order valence-electron chi connectivity index (χ1n) is 5.85. The van der Waals surface area contributed by atoms with Crippen molar-refractivity contribution in [1.29, 1.82) is 0 Å². The van der Waals surface area contributed by atoms with E-state index in [0.29, 0.717) is 13.1 Å². The summed E-state index contributed by atoms with van der Waals surface area (Å²) in [5.74, 6) is 0. The van der Waals surface area contributed by atoms with Gasteiger partial charge in [0.15, 0.2) is 0 Å². The first kappa shape index (κ1) is 11.9. The van der Waals surface area contributed by atoms with Gasteiger partial charge in [0.2, 0.25) is 0 Å². The highest BCUT2D eigenvalue weighted by molar-refractivity contribution is 5.65. The van der Waals surface area contributed by atoms with Gasteiger partial charge in [0, 0.05) is 45.1 Å². The van der Waals surface area contributed by atoms with Crippen molar-refractivity contribution in [2.24, 2.45) is 0 Å². The Morgan fingerprint density at radius 3 is 2.47 bits per heavy atom. The van der Waals surface area contributed by atoms with Gasteiger partial charge in [-0.2, -0.15) is 0 Å². The molecule has 0 aromatic carbocycles. The molecular weight excluding hydrogens is 218 g/mol. The van der Waals surface area contributed by atoms with Gasteiger partial charge in [-0.1, -0.05) is 0 Å². The number of carboxylic acid groups (broad SMARTS) is 1. The number of amides is 1. The van der Waals surface area contributed by atoms with Gasteiger partial charge in [0.25, 0.3) is 0 Å². The highest BCUT2D eigenvalue weighted by Crippen LogP contribution is 2.04. The number of aromatic nitrogens is 1. The van der Waals surface area contributed by atoms with E-state index in [-0.39, 0.29) is 0 Å². The molecule has 0 atom stereocenters.